The predicted molar refractivity (Wildman–Crippen MR) is 79.0 cm³/mol. The van der Waals surface area contributed by atoms with Gasteiger partial charge in [-0.2, -0.15) is 0 Å². The number of nitrogens with two attached hydrogens (primary N) is 1. The first-order chi connectivity index (χ1) is 8.79. The zero-order chi connectivity index (χ0) is 12.5. The molecule has 0 saturated carbocycles. The van der Waals surface area contributed by atoms with E-state index in [0.29, 0.717) is 0 Å². The summed E-state index contributed by atoms with van der Waals surface area (Å²) in [5.74, 6) is 0. The van der Waals surface area contributed by atoms with E-state index in [-0.39, 0.29) is 0 Å². The van der Waals surface area contributed by atoms with Gasteiger partial charge in [0.25, 0.3) is 0 Å². The van der Waals surface area contributed by atoms with Crippen LogP contribution >= 0.6 is 23.1 Å². The van der Waals surface area contributed by atoms with Crippen molar-refractivity contribution in [3.8, 4) is 11.3 Å². The molecule has 0 amide bonds. The first-order valence-corrected chi connectivity index (χ1v) is 7.54. The zero-order valence-electron chi connectivity index (χ0n) is 9.75. The molecule has 0 saturated heterocycles. The molecule has 0 bridgehead atoms. The highest BCUT2D eigenvalue weighted by Crippen LogP contribution is 2.35. The maximum absolute atomic E-state index is 6.03. The van der Waals surface area contributed by atoms with Crippen LogP contribution < -0.4 is 5.73 Å². The van der Waals surface area contributed by atoms with Crippen molar-refractivity contribution in [1.82, 2.24) is 9.97 Å². The predicted octanol–water partition coefficient (Wildman–Crippen LogP) is 3.66. The second-order valence-corrected chi connectivity index (χ2v) is 5.43. The van der Waals surface area contributed by atoms with E-state index in [1.54, 1.807) is 23.1 Å². The van der Waals surface area contributed by atoms with Gasteiger partial charge in [0, 0.05) is 10.9 Å². The summed E-state index contributed by atoms with van der Waals surface area (Å²) < 4.78 is 0. The normalized spacial score (nSPS) is 10.9. The van der Waals surface area contributed by atoms with Crippen LogP contribution in [0.15, 0.2) is 40.9 Å². The van der Waals surface area contributed by atoms with E-state index < -0.39 is 0 Å². The van der Waals surface area contributed by atoms with Crippen molar-refractivity contribution in [1.29, 1.82) is 0 Å². The molecule has 0 aliphatic heterocycles. The molecular formula is C13H11N3S2. The van der Waals surface area contributed by atoms with Crippen molar-refractivity contribution in [2.24, 2.45) is 0 Å². The molecule has 3 aromatic rings. The van der Waals surface area contributed by atoms with E-state index in [9.17, 15) is 0 Å². The van der Waals surface area contributed by atoms with Crippen LogP contribution in [-0.4, -0.2) is 16.2 Å². The number of anilines is 1. The lowest BCUT2D eigenvalue weighted by Gasteiger charge is -2.05. The van der Waals surface area contributed by atoms with Crippen LogP contribution in [0, 0.1) is 0 Å². The van der Waals surface area contributed by atoms with E-state index in [1.165, 1.54) is 0 Å². The molecule has 1 aromatic carbocycles. The molecule has 0 aliphatic carbocycles. The molecule has 0 spiro atoms. The molecule has 90 valence electrons. The first kappa shape index (κ1) is 11.5. The highest BCUT2D eigenvalue weighted by Gasteiger charge is 2.13. The second kappa shape index (κ2) is 4.59. The highest BCUT2D eigenvalue weighted by molar-refractivity contribution is 7.98. The summed E-state index contributed by atoms with van der Waals surface area (Å²) in [7, 11) is 0. The largest absolute Gasteiger partial charge is 0.397 e. The van der Waals surface area contributed by atoms with Gasteiger partial charge in [-0.3, -0.25) is 0 Å². The van der Waals surface area contributed by atoms with Crippen LogP contribution in [-0.2, 0) is 0 Å². The van der Waals surface area contributed by atoms with Crippen LogP contribution in [0.3, 0.4) is 0 Å². The number of benzene rings is 1. The molecule has 18 heavy (non-hydrogen) atoms. The number of hydrogen-bond acceptors (Lipinski definition) is 5. The summed E-state index contributed by atoms with van der Waals surface area (Å²) in [5.41, 5.74) is 8.78. The lowest BCUT2D eigenvalue weighted by Crippen LogP contribution is -1.93. The van der Waals surface area contributed by atoms with Crippen molar-refractivity contribution < 1.29 is 0 Å². The smallest absolute Gasteiger partial charge is 0.189 e. The SMILES string of the molecule is CSc1nc(-c2ccccc2)c2c(N)csc2n1. The van der Waals surface area contributed by atoms with Crippen molar-refractivity contribution in [3.63, 3.8) is 0 Å². The third kappa shape index (κ3) is 1.85. The average Bonchev–Trinajstić information content (AvgIpc) is 2.80. The number of fused-ring (bicyclic) bond motifs is 1. The molecule has 0 aliphatic rings. The summed E-state index contributed by atoms with van der Waals surface area (Å²) in [6, 6.07) is 10.1. The molecule has 2 heterocycles. The number of rotatable bonds is 2. The topological polar surface area (TPSA) is 51.8 Å². The maximum atomic E-state index is 6.03. The molecule has 0 fully saturated rings. The standard InChI is InChI=1S/C13H11N3S2/c1-17-13-15-11(8-5-3-2-4-6-8)10-9(14)7-18-12(10)16-13/h2-7H,14H2,1H3. The van der Waals surface area contributed by atoms with Gasteiger partial charge < -0.3 is 5.73 Å². The van der Waals surface area contributed by atoms with E-state index in [1.807, 2.05) is 42.0 Å². The summed E-state index contributed by atoms with van der Waals surface area (Å²) in [6.45, 7) is 0. The third-order valence-corrected chi connectivity index (χ3v) is 4.11. The molecule has 3 nitrogen and oxygen atoms in total. The summed E-state index contributed by atoms with van der Waals surface area (Å²) in [5, 5.41) is 3.67. The van der Waals surface area contributed by atoms with Crippen LogP contribution in [0.4, 0.5) is 5.69 Å². The van der Waals surface area contributed by atoms with Gasteiger partial charge in [0.2, 0.25) is 0 Å². The Bertz CT molecular complexity index is 692. The van der Waals surface area contributed by atoms with Crippen molar-refractivity contribution in [2.45, 2.75) is 5.16 Å². The van der Waals surface area contributed by atoms with E-state index in [4.69, 9.17) is 5.73 Å². The average molecular weight is 273 g/mol. The van der Waals surface area contributed by atoms with Gasteiger partial charge in [0.1, 0.15) is 4.83 Å². The number of thioether (sulfide) groups is 1. The molecule has 2 aromatic heterocycles. The van der Waals surface area contributed by atoms with Crippen molar-refractivity contribution >= 4 is 39.0 Å². The van der Waals surface area contributed by atoms with Crippen molar-refractivity contribution in [2.75, 3.05) is 12.0 Å². The number of hydrogen-bond donors (Lipinski definition) is 1. The molecule has 2 N–H and O–H groups in total. The lowest BCUT2D eigenvalue weighted by atomic mass is 10.1. The van der Waals surface area contributed by atoms with Crippen LogP contribution in [0.5, 0.6) is 0 Å². The molecule has 0 unspecified atom stereocenters. The van der Waals surface area contributed by atoms with Gasteiger partial charge in [-0.25, -0.2) is 9.97 Å². The van der Waals surface area contributed by atoms with Gasteiger partial charge in [-0.1, -0.05) is 42.1 Å². The lowest BCUT2D eigenvalue weighted by molar-refractivity contribution is 1.02. The second-order valence-electron chi connectivity index (χ2n) is 3.80. The zero-order valence-corrected chi connectivity index (χ0v) is 11.4. The van der Waals surface area contributed by atoms with E-state index in [2.05, 4.69) is 9.97 Å². The molecule has 0 atom stereocenters. The Kier molecular flexibility index (Phi) is 2.93. The van der Waals surface area contributed by atoms with Gasteiger partial charge in [0.15, 0.2) is 5.16 Å². The maximum Gasteiger partial charge on any atom is 0.189 e. The van der Waals surface area contributed by atoms with Crippen LogP contribution in [0.1, 0.15) is 0 Å². The number of nitrogen functional groups attached to an aromatic ring is 1. The minimum Gasteiger partial charge on any atom is -0.397 e. The van der Waals surface area contributed by atoms with Gasteiger partial charge in [-0.05, 0) is 6.26 Å². The van der Waals surface area contributed by atoms with Gasteiger partial charge in [0.05, 0.1) is 16.8 Å². The van der Waals surface area contributed by atoms with E-state index >= 15 is 0 Å². The Balaban J connectivity index is 2.35. The summed E-state index contributed by atoms with van der Waals surface area (Å²) in [6.07, 6.45) is 1.98. The summed E-state index contributed by atoms with van der Waals surface area (Å²) >= 11 is 3.11. The fraction of sp³-hybridized carbons (Fsp3) is 0.0769. The minimum atomic E-state index is 0.751. The Morgan fingerprint density at radius 1 is 1.17 bits per heavy atom. The Morgan fingerprint density at radius 2 is 1.94 bits per heavy atom. The summed E-state index contributed by atoms with van der Waals surface area (Å²) in [4.78, 5) is 10.0. The number of aromatic nitrogens is 2. The minimum absolute atomic E-state index is 0.751. The van der Waals surface area contributed by atoms with Gasteiger partial charge in [-0.15, -0.1) is 11.3 Å². The van der Waals surface area contributed by atoms with Crippen LogP contribution in [0.2, 0.25) is 0 Å². The first-order valence-electron chi connectivity index (χ1n) is 5.43. The van der Waals surface area contributed by atoms with E-state index in [0.717, 1.165) is 32.3 Å². The Labute approximate surface area is 113 Å². The Morgan fingerprint density at radius 3 is 2.67 bits per heavy atom. The fourth-order valence-corrected chi connectivity index (χ4v) is 3.09. The van der Waals surface area contributed by atoms with Gasteiger partial charge >= 0.3 is 0 Å². The third-order valence-electron chi connectivity index (χ3n) is 2.67. The monoisotopic (exact) mass is 273 g/mol. The molecular weight excluding hydrogens is 262 g/mol. The Hall–Kier alpha value is -1.59. The molecule has 5 heteroatoms. The molecule has 0 radical (unpaired) electrons. The quantitative estimate of drug-likeness (QED) is 0.572. The fourth-order valence-electron chi connectivity index (χ4n) is 1.84. The van der Waals surface area contributed by atoms with Crippen LogP contribution in [0.25, 0.3) is 21.5 Å². The molecule has 3 rings (SSSR count). The highest BCUT2D eigenvalue weighted by atomic mass is 32.2. The van der Waals surface area contributed by atoms with Crippen molar-refractivity contribution in [3.05, 3.63) is 35.7 Å². The number of nitrogens with zero attached hydrogens (tertiary/aromatic N) is 2. The number of thiophene rings is 1.